The second-order valence-corrected chi connectivity index (χ2v) is 5.78. The molecule has 0 unspecified atom stereocenters. The third kappa shape index (κ3) is 2.61. The Kier molecular flexibility index (Phi) is 4.36. The van der Waals surface area contributed by atoms with Crippen molar-refractivity contribution in [3.63, 3.8) is 0 Å². The average molecular weight is 277 g/mol. The van der Waals surface area contributed by atoms with Crippen molar-refractivity contribution < 1.29 is 14.9 Å². The van der Waals surface area contributed by atoms with Gasteiger partial charge in [-0.2, -0.15) is 0 Å². The molecule has 0 aromatic heterocycles. The predicted molar refractivity (Wildman–Crippen MR) is 76.3 cm³/mol. The molecule has 2 aliphatic rings. The van der Waals surface area contributed by atoms with E-state index in [1.54, 1.807) is 0 Å². The first-order valence-corrected chi connectivity index (χ1v) is 7.48. The van der Waals surface area contributed by atoms with Gasteiger partial charge in [0.15, 0.2) is 0 Å². The molecule has 1 aromatic carbocycles. The lowest BCUT2D eigenvalue weighted by atomic mass is 9.96. The van der Waals surface area contributed by atoms with E-state index < -0.39 is 0 Å². The molecule has 2 heterocycles. The Morgan fingerprint density at radius 3 is 2.60 bits per heavy atom. The van der Waals surface area contributed by atoms with Gasteiger partial charge in [0.2, 0.25) is 0 Å². The van der Waals surface area contributed by atoms with Crippen molar-refractivity contribution in [1.29, 1.82) is 0 Å². The van der Waals surface area contributed by atoms with Gasteiger partial charge in [-0.25, -0.2) is 0 Å². The number of likely N-dealkylation sites (tertiary alicyclic amines) is 1. The largest absolute Gasteiger partial charge is 0.395 e. The number of benzene rings is 1. The van der Waals surface area contributed by atoms with Gasteiger partial charge in [0, 0.05) is 18.6 Å². The highest BCUT2D eigenvalue weighted by Gasteiger charge is 2.32. The molecule has 1 aromatic rings. The first-order chi connectivity index (χ1) is 9.83. The van der Waals surface area contributed by atoms with Gasteiger partial charge in [-0.3, -0.25) is 4.90 Å². The fraction of sp³-hybridized carbons (Fsp3) is 0.625. The molecule has 0 spiro atoms. The van der Waals surface area contributed by atoms with Crippen molar-refractivity contribution in [3.8, 4) is 0 Å². The summed E-state index contributed by atoms with van der Waals surface area (Å²) in [7, 11) is 0. The number of hydrogen-bond donors (Lipinski definition) is 2. The maximum atomic E-state index is 9.52. The van der Waals surface area contributed by atoms with Gasteiger partial charge in [0.1, 0.15) is 0 Å². The molecule has 1 fully saturated rings. The number of rotatable bonds is 4. The average Bonchev–Trinajstić information content (AvgIpc) is 2.89. The molecule has 20 heavy (non-hydrogen) atoms. The maximum Gasteiger partial charge on any atom is 0.0719 e. The maximum absolute atomic E-state index is 9.52. The molecule has 3 rings (SSSR count). The molecular weight excluding hydrogens is 254 g/mol. The number of hydrogen-bond acceptors (Lipinski definition) is 4. The molecule has 110 valence electrons. The van der Waals surface area contributed by atoms with Crippen LogP contribution in [0.2, 0.25) is 0 Å². The topological polar surface area (TPSA) is 52.9 Å². The van der Waals surface area contributed by atoms with E-state index in [1.165, 1.54) is 16.7 Å². The quantitative estimate of drug-likeness (QED) is 0.864. The second kappa shape index (κ2) is 6.22. The summed E-state index contributed by atoms with van der Waals surface area (Å²) in [6, 6.07) is 6.76. The molecule has 1 saturated heterocycles. The van der Waals surface area contributed by atoms with Crippen LogP contribution in [0.3, 0.4) is 0 Å². The lowest BCUT2D eigenvalue weighted by molar-refractivity contribution is 0.0880. The third-order valence-corrected chi connectivity index (χ3v) is 4.67. The highest BCUT2D eigenvalue weighted by atomic mass is 16.5. The normalized spacial score (nSPS) is 26.7. The van der Waals surface area contributed by atoms with Gasteiger partial charge >= 0.3 is 0 Å². The number of aliphatic hydroxyl groups excluding tert-OH is 2. The molecule has 0 amide bonds. The Bertz CT molecular complexity index is 451. The number of nitrogens with zero attached hydrogens (tertiary/aromatic N) is 1. The van der Waals surface area contributed by atoms with Gasteiger partial charge in [0.25, 0.3) is 0 Å². The summed E-state index contributed by atoms with van der Waals surface area (Å²) < 4.78 is 5.51. The van der Waals surface area contributed by atoms with Gasteiger partial charge in [-0.05, 0) is 36.0 Å². The van der Waals surface area contributed by atoms with Crippen LogP contribution in [-0.2, 0) is 24.3 Å². The van der Waals surface area contributed by atoms with Crippen molar-refractivity contribution in [2.45, 2.75) is 44.5 Å². The molecule has 4 nitrogen and oxygen atoms in total. The first-order valence-electron chi connectivity index (χ1n) is 7.48. The lowest BCUT2D eigenvalue weighted by Gasteiger charge is -2.30. The van der Waals surface area contributed by atoms with Gasteiger partial charge in [-0.15, -0.1) is 0 Å². The molecular formula is C16H23NO3. The van der Waals surface area contributed by atoms with E-state index in [9.17, 15) is 10.2 Å². The zero-order valence-corrected chi connectivity index (χ0v) is 11.8. The van der Waals surface area contributed by atoms with E-state index in [-0.39, 0.29) is 25.3 Å². The summed E-state index contributed by atoms with van der Waals surface area (Å²) in [5.74, 6) is 0. The summed E-state index contributed by atoms with van der Waals surface area (Å²) in [6.45, 7) is 2.66. The van der Waals surface area contributed by atoms with Gasteiger partial charge < -0.3 is 14.9 Å². The van der Waals surface area contributed by atoms with Crippen molar-refractivity contribution in [2.24, 2.45) is 0 Å². The Hall–Kier alpha value is -0.940. The van der Waals surface area contributed by atoms with Crippen LogP contribution in [0, 0.1) is 0 Å². The Balaban J connectivity index is 1.83. The molecule has 2 aliphatic heterocycles. The predicted octanol–water partition coefficient (Wildman–Crippen LogP) is 1.08. The van der Waals surface area contributed by atoms with Crippen LogP contribution in [0.25, 0.3) is 0 Å². The highest BCUT2D eigenvalue weighted by molar-refractivity contribution is 5.36. The SMILES string of the molecule is OC[C@@H]1CC[C@@H](CO)N1Cc1cccc2c1CCOC2. The van der Waals surface area contributed by atoms with Gasteiger partial charge in [-0.1, -0.05) is 18.2 Å². The van der Waals surface area contributed by atoms with Crippen molar-refractivity contribution >= 4 is 0 Å². The highest BCUT2D eigenvalue weighted by Crippen LogP contribution is 2.28. The van der Waals surface area contributed by atoms with E-state index in [2.05, 4.69) is 23.1 Å². The van der Waals surface area contributed by atoms with Crippen LogP contribution in [0.15, 0.2) is 18.2 Å². The number of ether oxygens (including phenoxy) is 1. The minimum Gasteiger partial charge on any atom is -0.395 e. The Morgan fingerprint density at radius 1 is 1.15 bits per heavy atom. The van der Waals surface area contributed by atoms with E-state index >= 15 is 0 Å². The number of fused-ring (bicyclic) bond motifs is 1. The summed E-state index contributed by atoms with van der Waals surface area (Å²) in [4.78, 5) is 2.27. The summed E-state index contributed by atoms with van der Waals surface area (Å²) in [6.07, 6.45) is 2.91. The number of aliphatic hydroxyl groups is 2. The molecule has 2 N–H and O–H groups in total. The van der Waals surface area contributed by atoms with E-state index in [0.717, 1.165) is 32.4 Å². The third-order valence-electron chi connectivity index (χ3n) is 4.67. The zero-order chi connectivity index (χ0) is 13.9. The molecule has 4 heteroatoms. The lowest BCUT2D eigenvalue weighted by Crippen LogP contribution is -2.39. The van der Waals surface area contributed by atoms with Crippen LogP contribution in [0.1, 0.15) is 29.5 Å². The van der Waals surface area contributed by atoms with E-state index in [4.69, 9.17) is 4.74 Å². The standard InChI is InChI=1S/C16H23NO3/c18-9-14-4-5-15(10-19)17(14)8-12-2-1-3-13-11-20-7-6-16(12)13/h1-3,14-15,18-19H,4-11H2/t14-,15-/m0/s1. The summed E-state index contributed by atoms with van der Waals surface area (Å²) in [5, 5.41) is 19.0. The van der Waals surface area contributed by atoms with Crippen molar-refractivity contribution in [2.75, 3.05) is 19.8 Å². The monoisotopic (exact) mass is 277 g/mol. The molecule has 0 saturated carbocycles. The van der Waals surface area contributed by atoms with Crippen LogP contribution in [-0.4, -0.2) is 47.0 Å². The second-order valence-electron chi connectivity index (χ2n) is 5.78. The van der Waals surface area contributed by atoms with E-state index in [0.29, 0.717) is 6.61 Å². The fourth-order valence-electron chi connectivity index (χ4n) is 3.51. The molecule has 0 bridgehead atoms. The Morgan fingerprint density at radius 2 is 1.90 bits per heavy atom. The van der Waals surface area contributed by atoms with Gasteiger partial charge in [0.05, 0.1) is 26.4 Å². The zero-order valence-electron chi connectivity index (χ0n) is 11.8. The Labute approximate surface area is 120 Å². The summed E-state index contributed by atoms with van der Waals surface area (Å²) >= 11 is 0. The van der Waals surface area contributed by atoms with Crippen molar-refractivity contribution in [1.82, 2.24) is 4.90 Å². The van der Waals surface area contributed by atoms with Crippen LogP contribution in [0.4, 0.5) is 0 Å². The molecule has 2 atom stereocenters. The van der Waals surface area contributed by atoms with Crippen LogP contribution < -0.4 is 0 Å². The minimum atomic E-state index is 0.175. The smallest absolute Gasteiger partial charge is 0.0719 e. The van der Waals surface area contributed by atoms with Crippen LogP contribution in [0.5, 0.6) is 0 Å². The van der Waals surface area contributed by atoms with E-state index in [1.807, 2.05) is 0 Å². The molecule has 0 aliphatic carbocycles. The minimum absolute atomic E-state index is 0.175. The van der Waals surface area contributed by atoms with Crippen molar-refractivity contribution in [3.05, 3.63) is 34.9 Å². The summed E-state index contributed by atoms with van der Waals surface area (Å²) in [5.41, 5.74) is 4.01. The fourth-order valence-corrected chi connectivity index (χ4v) is 3.51. The first kappa shape index (κ1) is 14.0. The molecule has 0 radical (unpaired) electrons. The van der Waals surface area contributed by atoms with Crippen LogP contribution >= 0.6 is 0 Å².